The molecule has 0 saturated heterocycles. The molecule has 3 aromatic rings. The van der Waals surface area contributed by atoms with Crippen molar-refractivity contribution >= 4 is 39.2 Å². The van der Waals surface area contributed by atoms with E-state index in [0.717, 1.165) is 30.3 Å². The minimum Gasteiger partial charge on any atom is -0.496 e. The Labute approximate surface area is 221 Å². The number of nitro benzene ring substituents is 2. The van der Waals surface area contributed by atoms with Crippen LogP contribution < -0.4 is 19.0 Å². The van der Waals surface area contributed by atoms with Gasteiger partial charge in [-0.15, -0.1) is 0 Å². The zero-order chi connectivity index (χ0) is 28.7. The predicted molar refractivity (Wildman–Crippen MR) is 136 cm³/mol. The van der Waals surface area contributed by atoms with Crippen molar-refractivity contribution in [2.75, 3.05) is 19.5 Å². The second-order valence-corrected chi connectivity index (χ2v) is 8.95. The number of nitrogens with zero attached hydrogens (tertiary/aromatic N) is 3. The lowest BCUT2D eigenvalue weighted by molar-refractivity contribution is -0.387. The number of rotatable bonds is 10. The molecule has 0 aliphatic rings. The number of carbonyl (C=O) groups is 1. The molecule has 0 bridgehead atoms. The molecule has 0 aliphatic heterocycles. The van der Waals surface area contributed by atoms with Crippen LogP contribution in [0.25, 0.3) is 6.08 Å². The molecule has 0 aliphatic carbocycles. The van der Waals surface area contributed by atoms with E-state index in [9.17, 15) is 38.7 Å². The van der Waals surface area contributed by atoms with Gasteiger partial charge in [0.25, 0.3) is 17.3 Å². The van der Waals surface area contributed by atoms with Gasteiger partial charge in [0, 0.05) is 6.07 Å². The molecule has 0 saturated carbocycles. The average Bonchev–Trinajstić information content (AvgIpc) is 2.91. The number of nitriles is 1. The third-order valence-electron chi connectivity index (χ3n) is 5.04. The van der Waals surface area contributed by atoms with Crippen LogP contribution in [0.2, 0.25) is 0 Å². The smallest absolute Gasteiger partial charge is 0.346 e. The van der Waals surface area contributed by atoms with Gasteiger partial charge in [-0.2, -0.15) is 13.7 Å². The maximum Gasteiger partial charge on any atom is 0.346 e. The van der Waals surface area contributed by atoms with Crippen LogP contribution >= 0.6 is 0 Å². The van der Waals surface area contributed by atoms with E-state index in [1.54, 1.807) is 6.07 Å². The summed E-state index contributed by atoms with van der Waals surface area (Å²) in [5.41, 5.74) is -1.75. The van der Waals surface area contributed by atoms with Gasteiger partial charge in [-0.05, 0) is 42.0 Å². The summed E-state index contributed by atoms with van der Waals surface area (Å²) in [7, 11) is -2.17. The summed E-state index contributed by atoms with van der Waals surface area (Å²) >= 11 is 0. The molecule has 15 heteroatoms. The van der Waals surface area contributed by atoms with Crippen molar-refractivity contribution in [1.82, 2.24) is 0 Å². The van der Waals surface area contributed by atoms with Gasteiger partial charge in [-0.3, -0.25) is 25.0 Å². The van der Waals surface area contributed by atoms with Crippen LogP contribution in [-0.4, -0.2) is 38.4 Å². The third-order valence-corrected chi connectivity index (χ3v) is 6.33. The standard InChI is InChI=1S/C24H18N4O10S/c1-36-17-8-9-18(20(13-17)28(32)33)26-24(29)16(14-25)11-15-7-10-21(37-2)22(12-15)38-39(34,35)23-6-4-3-5-19(23)27(30)31/h3-13H,1-2H3,(H,26,29)/b16-11+. The van der Waals surface area contributed by atoms with Crippen LogP contribution in [-0.2, 0) is 14.9 Å². The van der Waals surface area contributed by atoms with Crippen molar-refractivity contribution < 1.29 is 36.7 Å². The second kappa shape index (κ2) is 11.7. The minimum atomic E-state index is -4.71. The number of nitro groups is 2. The number of anilines is 1. The Hall–Kier alpha value is -5.49. The summed E-state index contributed by atoms with van der Waals surface area (Å²) < 4.78 is 40.9. The number of ether oxygens (including phenoxy) is 2. The van der Waals surface area contributed by atoms with Crippen molar-refractivity contribution in [3.63, 3.8) is 0 Å². The first-order valence-corrected chi connectivity index (χ1v) is 12.0. The Morgan fingerprint density at radius 1 is 0.949 bits per heavy atom. The maximum atomic E-state index is 12.9. The van der Waals surface area contributed by atoms with Crippen LogP contribution in [0.4, 0.5) is 17.1 Å². The van der Waals surface area contributed by atoms with Gasteiger partial charge in [0.05, 0.1) is 30.1 Å². The highest BCUT2D eigenvalue weighted by molar-refractivity contribution is 7.87. The third kappa shape index (κ3) is 6.45. The first-order valence-electron chi connectivity index (χ1n) is 10.6. The van der Waals surface area contributed by atoms with E-state index in [1.807, 2.05) is 0 Å². The van der Waals surface area contributed by atoms with Crippen molar-refractivity contribution in [3.05, 3.63) is 92.0 Å². The normalized spacial score (nSPS) is 11.2. The van der Waals surface area contributed by atoms with Crippen LogP contribution in [0.5, 0.6) is 17.2 Å². The van der Waals surface area contributed by atoms with Crippen molar-refractivity contribution in [1.29, 1.82) is 5.26 Å². The first kappa shape index (κ1) is 28.1. The summed E-state index contributed by atoms with van der Waals surface area (Å²) in [6, 6.07) is 13.7. The molecule has 3 aromatic carbocycles. The molecule has 1 amide bonds. The molecule has 1 N–H and O–H groups in total. The lowest BCUT2D eigenvalue weighted by atomic mass is 10.1. The highest BCUT2D eigenvalue weighted by Crippen LogP contribution is 2.34. The molecule has 0 unspecified atom stereocenters. The van der Waals surface area contributed by atoms with Crippen LogP contribution in [0.3, 0.4) is 0 Å². The van der Waals surface area contributed by atoms with Gasteiger partial charge in [0.2, 0.25) is 0 Å². The molecule has 0 atom stereocenters. The largest absolute Gasteiger partial charge is 0.496 e. The number of para-hydroxylation sites is 1. The SMILES string of the molecule is COc1ccc(NC(=O)/C(C#N)=C/c2ccc(OC)c(OS(=O)(=O)c3ccccc3[N+](=O)[O-])c2)c([N+](=O)[O-])c1. The molecule has 39 heavy (non-hydrogen) atoms. The molecular formula is C24H18N4O10S. The van der Waals surface area contributed by atoms with Crippen molar-refractivity contribution in [2.24, 2.45) is 0 Å². The van der Waals surface area contributed by atoms with Gasteiger partial charge in [0.15, 0.2) is 16.4 Å². The van der Waals surface area contributed by atoms with Gasteiger partial charge in [0.1, 0.15) is 23.1 Å². The van der Waals surface area contributed by atoms with E-state index in [0.29, 0.717) is 0 Å². The number of hydrogen-bond donors (Lipinski definition) is 1. The van der Waals surface area contributed by atoms with Crippen LogP contribution in [0, 0.1) is 31.6 Å². The van der Waals surface area contributed by atoms with Gasteiger partial charge < -0.3 is 19.0 Å². The average molecular weight is 554 g/mol. The summed E-state index contributed by atoms with van der Waals surface area (Å²) in [6.45, 7) is 0. The highest BCUT2D eigenvalue weighted by Gasteiger charge is 2.28. The van der Waals surface area contributed by atoms with Crippen LogP contribution in [0.1, 0.15) is 5.56 Å². The molecule has 0 radical (unpaired) electrons. The van der Waals surface area contributed by atoms with Crippen molar-refractivity contribution in [3.8, 4) is 23.3 Å². The number of nitrogens with one attached hydrogen (secondary N) is 1. The fourth-order valence-electron chi connectivity index (χ4n) is 3.23. The fraction of sp³-hybridized carbons (Fsp3) is 0.0833. The Bertz CT molecular complexity index is 1640. The topological polar surface area (TPSA) is 201 Å². The first-order chi connectivity index (χ1) is 18.5. The Kier molecular flexibility index (Phi) is 8.43. The molecular weight excluding hydrogens is 536 g/mol. The molecule has 3 rings (SSSR count). The zero-order valence-electron chi connectivity index (χ0n) is 20.2. The molecule has 0 fully saturated rings. The lowest BCUT2D eigenvalue weighted by Crippen LogP contribution is -2.14. The number of hydrogen-bond acceptors (Lipinski definition) is 11. The number of amides is 1. The summed E-state index contributed by atoms with van der Waals surface area (Å²) in [6.07, 6.45) is 1.08. The Balaban J connectivity index is 1.96. The Morgan fingerprint density at radius 3 is 2.26 bits per heavy atom. The summed E-state index contributed by atoms with van der Waals surface area (Å²) in [5, 5.41) is 34.5. The molecule has 14 nitrogen and oxygen atoms in total. The van der Waals surface area contributed by atoms with Gasteiger partial charge in [-0.1, -0.05) is 18.2 Å². The molecule has 0 aromatic heterocycles. The summed E-state index contributed by atoms with van der Waals surface area (Å²) in [4.78, 5) is 33.1. The number of carbonyl (C=O) groups excluding carboxylic acids is 1. The van der Waals surface area contributed by atoms with E-state index in [4.69, 9.17) is 13.7 Å². The van der Waals surface area contributed by atoms with E-state index < -0.39 is 47.7 Å². The Morgan fingerprint density at radius 2 is 1.64 bits per heavy atom. The second-order valence-electron chi connectivity index (χ2n) is 7.44. The number of methoxy groups -OCH3 is 2. The molecule has 0 spiro atoms. The van der Waals surface area contributed by atoms with Crippen molar-refractivity contribution in [2.45, 2.75) is 4.90 Å². The van der Waals surface area contributed by atoms with E-state index >= 15 is 0 Å². The quantitative estimate of drug-likeness (QED) is 0.125. The number of benzene rings is 3. The molecule has 200 valence electrons. The highest BCUT2D eigenvalue weighted by atomic mass is 32.2. The lowest BCUT2D eigenvalue weighted by Gasteiger charge is -2.12. The zero-order valence-corrected chi connectivity index (χ0v) is 21.0. The minimum absolute atomic E-state index is 0.0638. The van der Waals surface area contributed by atoms with Gasteiger partial charge >= 0.3 is 10.1 Å². The maximum absolute atomic E-state index is 12.9. The van der Waals surface area contributed by atoms with E-state index in [1.165, 1.54) is 50.6 Å². The van der Waals surface area contributed by atoms with E-state index in [2.05, 4.69) is 5.32 Å². The monoisotopic (exact) mass is 554 g/mol. The van der Waals surface area contributed by atoms with Gasteiger partial charge in [-0.25, -0.2) is 0 Å². The molecule has 0 heterocycles. The van der Waals surface area contributed by atoms with Crippen LogP contribution in [0.15, 0.2) is 71.1 Å². The fourth-order valence-corrected chi connectivity index (χ4v) is 4.33. The van der Waals surface area contributed by atoms with E-state index in [-0.39, 0.29) is 28.5 Å². The summed E-state index contributed by atoms with van der Waals surface area (Å²) in [5.74, 6) is -1.26. The predicted octanol–water partition coefficient (Wildman–Crippen LogP) is 3.83.